The van der Waals surface area contributed by atoms with Crippen molar-refractivity contribution in [2.45, 2.75) is 0 Å². The van der Waals surface area contributed by atoms with Crippen LogP contribution in [0.4, 0.5) is 14.5 Å². The maximum absolute atomic E-state index is 14.1. The van der Waals surface area contributed by atoms with Crippen LogP contribution in [0.3, 0.4) is 0 Å². The molecule has 0 atom stereocenters. The molecule has 29 heavy (non-hydrogen) atoms. The zero-order valence-electron chi connectivity index (χ0n) is 14.8. The molecule has 0 aliphatic rings. The highest BCUT2D eigenvalue weighted by atomic mass is 35.5. The van der Waals surface area contributed by atoms with Crippen LogP contribution in [0.2, 0.25) is 5.02 Å². The van der Waals surface area contributed by atoms with Crippen LogP contribution >= 0.6 is 22.9 Å². The number of anilines is 1. The maximum Gasteiger partial charge on any atom is 0.260 e. The van der Waals surface area contributed by atoms with Gasteiger partial charge in [-0.25, -0.2) is 13.8 Å². The Morgan fingerprint density at radius 3 is 2.34 bits per heavy atom. The number of amides is 1. The molecule has 3 aromatic carbocycles. The molecular weight excluding hydrogens is 414 g/mol. The standard InChI is InChI=1S/C22H13ClF2N2OS/c23-15-8-5-10-17(25)20(15)21(28)26-18-11-4-2-7-14(18)19-12-29-22(27-19)13-6-1-3-9-16(13)24/h1-12H,(H,26,28). The van der Waals surface area contributed by atoms with Crippen molar-refractivity contribution in [1.82, 2.24) is 4.98 Å². The molecule has 3 nitrogen and oxygen atoms in total. The molecule has 0 aliphatic heterocycles. The zero-order valence-corrected chi connectivity index (χ0v) is 16.4. The minimum Gasteiger partial charge on any atom is -0.321 e. The first-order valence-electron chi connectivity index (χ1n) is 8.60. The van der Waals surface area contributed by atoms with Gasteiger partial charge in [0.05, 0.1) is 22.0 Å². The summed E-state index contributed by atoms with van der Waals surface area (Å²) in [7, 11) is 0. The monoisotopic (exact) mass is 426 g/mol. The number of aromatic nitrogens is 1. The maximum atomic E-state index is 14.1. The van der Waals surface area contributed by atoms with Crippen molar-refractivity contribution >= 4 is 34.5 Å². The van der Waals surface area contributed by atoms with E-state index in [1.165, 1.54) is 35.6 Å². The Bertz CT molecular complexity index is 1190. The Balaban J connectivity index is 1.68. The molecule has 1 heterocycles. The second kappa shape index (κ2) is 8.11. The van der Waals surface area contributed by atoms with E-state index < -0.39 is 11.7 Å². The first-order chi connectivity index (χ1) is 14.0. The second-order valence-corrected chi connectivity index (χ2v) is 7.38. The molecule has 1 aromatic heterocycles. The summed E-state index contributed by atoms with van der Waals surface area (Å²) in [4.78, 5) is 17.1. The third kappa shape index (κ3) is 3.90. The Hall–Kier alpha value is -3.09. The number of nitrogens with zero attached hydrogens (tertiary/aromatic N) is 1. The van der Waals surface area contributed by atoms with Gasteiger partial charge in [-0.1, -0.05) is 48.0 Å². The van der Waals surface area contributed by atoms with E-state index >= 15 is 0 Å². The minimum atomic E-state index is -0.706. The van der Waals surface area contributed by atoms with Gasteiger partial charge < -0.3 is 5.32 Å². The van der Waals surface area contributed by atoms with E-state index in [1.807, 2.05) is 0 Å². The average molecular weight is 427 g/mol. The van der Waals surface area contributed by atoms with Crippen molar-refractivity contribution in [1.29, 1.82) is 0 Å². The molecule has 0 radical (unpaired) electrons. The fourth-order valence-electron chi connectivity index (χ4n) is 2.87. The number of nitrogens with one attached hydrogen (secondary N) is 1. The van der Waals surface area contributed by atoms with E-state index in [4.69, 9.17) is 11.6 Å². The number of para-hydroxylation sites is 1. The molecule has 0 bridgehead atoms. The smallest absolute Gasteiger partial charge is 0.260 e. The first-order valence-corrected chi connectivity index (χ1v) is 9.85. The summed E-state index contributed by atoms with van der Waals surface area (Å²) < 4.78 is 28.1. The lowest BCUT2D eigenvalue weighted by atomic mass is 10.1. The molecule has 0 saturated heterocycles. The van der Waals surface area contributed by atoms with E-state index in [1.54, 1.807) is 47.8 Å². The van der Waals surface area contributed by atoms with Gasteiger partial charge in [-0.15, -0.1) is 11.3 Å². The van der Waals surface area contributed by atoms with Gasteiger partial charge >= 0.3 is 0 Å². The largest absolute Gasteiger partial charge is 0.321 e. The van der Waals surface area contributed by atoms with Crippen LogP contribution in [0.5, 0.6) is 0 Å². The minimum absolute atomic E-state index is 0.0236. The fraction of sp³-hybridized carbons (Fsp3) is 0. The molecule has 0 unspecified atom stereocenters. The summed E-state index contributed by atoms with van der Waals surface area (Å²) in [6.07, 6.45) is 0. The molecule has 144 valence electrons. The van der Waals surface area contributed by atoms with Crippen LogP contribution < -0.4 is 5.32 Å². The van der Waals surface area contributed by atoms with Crippen LogP contribution in [0, 0.1) is 11.6 Å². The zero-order chi connectivity index (χ0) is 20.4. The Labute approximate surface area is 174 Å². The lowest BCUT2D eigenvalue weighted by Gasteiger charge is -2.11. The molecule has 4 rings (SSSR count). The van der Waals surface area contributed by atoms with Crippen molar-refractivity contribution in [2.75, 3.05) is 5.32 Å². The van der Waals surface area contributed by atoms with Crippen molar-refractivity contribution in [3.05, 3.63) is 94.3 Å². The number of hydrogen-bond acceptors (Lipinski definition) is 3. The highest BCUT2D eigenvalue weighted by molar-refractivity contribution is 7.13. The summed E-state index contributed by atoms with van der Waals surface area (Å²) in [6, 6.07) is 17.5. The molecule has 0 fully saturated rings. The average Bonchev–Trinajstić information content (AvgIpc) is 3.18. The summed E-state index contributed by atoms with van der Waals surface area (Å²) >= 11 is 7.28. The van der Waals surface area contributed by atoms with Gasteiger partial charge in [-0.05, 0) is 30.3 Å². The van der Waals surface area contributed by atoms with Gasteiger partial charge in [0.15, 0.2) is 0 Å². The van der Waals surface area contributed by atoms with Gasteiger partial charge in [-0.2, -0.15) is 0 Å². The van der Waals surface area contributed by atoms with Crippen molar-refractivity contribution in [2.24, 2.45) is 0 Å². The Morgan fingerprint density at radius 1 is 0.897 bits per heavy atom. The number of halogens is 3. The normalized spacial score (nSPS) is 10.7. The third-order valence-electron chi connectivity index (χ3n) is 4.25. The lowest BCUT2D eigenvalue weighted by Crippen LogP contribution is -2.15. The number of rotatable bonds is 4. The number of carbonyl (C=O) groups excluding carboxylic acids is 1. The molecular formula is C22H13ClF2N2OS. The molecule has 7 heteroatoms. The number of hydrogen-bond donors (Lipinski definition) is 1. The quantitative estimate of drug-likeness (QED) is 0.396. The second-order valence-electron chi connectivity index (χ2n) is 6.11. The van der Waals surface area contributed by atoms with Crippen LogP contribution in [-0.4, -0.2) is 10.9 Å². The highest BCUT2D eigenvalue weighted by Gasteiger charge is 2.18. The van der Waals surface area contributed by atoms with E-state index in [0.717, 1.165) is 0 Å². The Kier molecular flexibility index (Phi) is 5.38. The molecule has 1 N–H and O–H groups in total. The summed E-state index contributed by atoms with van der Waals surface area (Å²) in [5.74, 6) is -1.72. The lowest BCUT2D eigenvalue weighted by molar-refractivity contribution is 0.102. The van der Waals surface area contributed by atoms with E-state index in [2.05, 4.69) is 10.3 Å². The fourth-order valence-corrected chi connectivity index (χ4v) is 3.97. The van der Waals surface area contributed by atoms with Crippen LogP contribution in [-0.2, 0) is 0 Å². The predicted octanol–water partition coefficient (Wildman–Crippen LogP) is 6.66. The highest BCUT2D eigenvalue weighted by Crippen LogP contribution is 2.34. The van der Waals surface area contributed by atoms with Gasteiger partial charge in [-0.3, -0.25) is 4.79 Å². The molecule has 0 spiro atoms. The van der Waals surface area contributed by atoms with E-state index in [0.29, 0.717) is 27.5 Å². The van der Waals surface area contributed by atoms with Gasteiger partial charge in [0, 0.05) is 16.5 Å². The molecule has 0 saturated carbocycles. The summed E-state index contributed by atoms with van der Waals surface area (Å²) in [5.41, 5.74) is 1.83. The molecule has 1 amide bonds. The third-order valence-corrected chi connectivity index (χ3v) is 5.44. The predicted molar refractivity (Wildman–Crippen MR) is 112 cm³/mol. The van der Waals surface area contributed by atoms with Gasteiger partial charge in [0.1, 0.15) is 16.6 Å². The molecule has 4 aromatic rings. The topological polar surface area (TPSA) is 42.0 Å². The van der Waals surface area contributed by atoms with E-state index in [9.17, 15) is 13.6 Å². The van der Waals surface area contributed by atoms with Crippen molar-refractivity contribution in [3.8, 4) is 21.8 Å². The molecule has 0 aliphatic carbocycles. The van der Waals surface area contributed by atoms with E-state index in [-0.39, 0.29) is 16.4 Å². The number of benzene rings is 3. The van der Waals surface area contributed by atoms with Gasteiger partial charge in [0.25, 0.3) is 5.91 Å². The number of carbonyl (C=O) groups is 1. The summed E-state index contributed by atoms with van der Waals surface area (Å²) in [5, 5.41) is 5.02. The van der Waals surface area contributed by atoms with Gasteiger partial charge in [0.2, 0.25) is 0 Å². The first kappa shape index (κ1) is 19.2. The Morgan fingerprint density at radius 2 is 1.59 bits per heavy atom. The van der Waals surface area contributed by atoms with Crippen LogP contribution in [0.15, 0.2) is 72.1 Å². The SMILES string of the molecule is O=C(Nc1ccccc1-c1csc(-c2ccccc2F)n1)c1c(F)cccc1Cl. The number of thiazole rings is 1. The summed E-state index contributed by atoms with van der Waals surface area (Å²) in [6.45, 7) is 0. The van der Waals surface area contributed by atoms with Crippen molar-refractivity contribution in [3.63, 3.8) is 0 Å². The van der Waals surface area contributed by atoms with Crippen LogP contribution in [0.1, 0.15) is 10.4 Å². The van der Waals surface area contributed by atoms with Crippen molar-refractivity contribution < 1.29 is 13.6 Å². The van der Waals surface area contributed by atoms with Crippen LogP contribution in [0.25, 0.3) is 21.8 Å².